The molecule has 210 valence electrons. The van der Waals surface area contributed by atoms with Gasteiger partial charge in [0, 0.05) is 16.5 Å². The summed E-state index contributed by atoms with van der Waals surface area (Å²) in [6.45, 7) is 0. The van der Waals surface area contributed by atoms with Crippen molar-refractivity contribution in [3.63, 3.8) is 0 Å². The van der Waals surface area contributed by atoms with E-state index in [0.717, 1.165) is 38.3 Å². The summed E-state index contributed by atoms with van der Waals surface area (Å²) in [4.78, 5) is 0. The summed E-state index contributed by atoms with van der Waals surface area (Å²) in [6, 6.07) is 54.2. The second-order valence-corrected chi connectivity index (χ2v) is 11.5. The van der Waals surface area contributed by atoms with Crippen molar-refractivity contribution >= 4 is 48.5 Å². The quantitative estimate of drug-likeness (QED) is 0.182. The maximum atomic E-state index is 6.37. The van der Waals surface area contributed by atoms with Gasteiger partial charge in [-0.15, -0.1) is 0 Å². The predicted octanol–water partition coefficient (Wildman–Crippen LogP) is 12.0. The largest absolute Gasteiger partial charge is 0.456 e. The fraction of sp³-hybridized carbons (Fsp3) is 0. The number of ether oxygens (including phenoxy) is 2. The van der Waals surface area contributed by atoms with Gasteiger partial charge in [-0.1, -0.05) is 91.0 Å². The highest BCUT2D eigenvalue weighted by atomic mass is 79.9. The number of halogens is 1. The van der Waals surface area contributed by atoms with E-state index >= 15 is 0 Å². The Bertz CT molecular complexity index is 2230. The van der Waals surface area contributed by atoms with Crippen molar-refractivity contribution in [1.82, 2.24) is 4.57 Å². The molecule has 0 saturated carbocycles. The van der Waals surface area contributed by atoms with Crippen LogP contribution in [-0.2, 0) is 0 Å². The molecule has 0 aliphatic carbocycles. The Balaban J connectivity index is 1.29. The molecule has 0 amide bonds. The first-order chi connectivity index (χ1) is 21.7. The van der Waals surface area contributed by atoms with Crippen LogP contribution in [0.25, 0.3) is 49.4 Å². The van der Waals surface area contributed by atoms with Crippen molar-refractivity contribution in [3.05, 3.63) is 162 Å². The van der Waals surface area contributed by atoms with Crippen LogP contribution in [0.15, 0.2) is 162 Å². The summed E-state index contributed by atoms with van der Waals surface area (Å²) < 4.78 is 15.9. The molecule has 0 fully saturated rings. The highest BCUT2D eigenvalue weighted by Gasteiger charge is 2.17. The molecule has 4 heteroatoms. The van der Waals surface area contributed by atoms with Crippen LogP contribution in [0, 0.1) is 0 Å². The zero-order chi connectivity index (χ0) is 29.5. The van der Waals surface area contributed by atoms with E-state index in [-0.39, 0.29) is 0 Å². The molecule has 0 N–H and O–H groups in total. The lowest BCUT2D eigenvalue weighted by Gasteiger charge is -2.15. The Kier molecular flexibility index (Phi) is 6.62. The molecule has 0 radical (unpaired) electrons. The van der Waals surface area contributed by atoms with E-state index in [4.69, 9.17) is 9.47 Å². The summed E-state index contributed by atoms with van der Waals surface area (Å²) in [5, 5.41) is 4.84. The van der Waals surface area contributed by atoms with Crippen LogP contribution in [0.1, 0.15) is 0 Å². The number of aromatic nitrogens is 1. The lowest BCUT2D eigenvalue weighted by molar-refractivity contribution is 0.455. The predicted molar refractivity (Wildman–Crippen MR) is 184 cm³/mol. The van der Waals surface area contributed by atoms with E-state index in [2.05, 4.69) is 118 Å². The van der Waals surface area contributed by atoms with Crippen molar-refractivity contribution in [3.8, 4) is 39.8 Å². The van der Waals surface area contributed by atoms with Gasteiger partial charge in [-0.25, -0.2) is 0 Å². The first kappa shape index (κ1) is 26.3. The summed E-state index contributed by atoms with van der Waals surface area (Å²) in [6.07, 6.45) is 0. The van der Waals surface area contributed by atoms with Crippen LogP contribution in [0.4, 0.5) is 0 Å². The Morgan fingerprint density at radius 2 is 1.02 bits per heavy atom. The number of nitrogens with zero attached hydrogens (tertiary/aromatic N) is 1. The molecule has 0 spiro atoms. The average Bonchev–Trinajstić information content (AvgIpc) is 3.41. The van der Waals surface area contributed by atoms with E-state index in [0.29, 0.717) is 11.5 Å². The highest BCUT2D eigenvalue weighted by Crippen LogP contribution is 2.44. The van der Waals surface area contributed by atoms with Crippen LogP contribution in [0.3, 0.4) is 0 Å². The smallest absolute Gasteiger partial charge is 0.146 e. The highest BCUT2D eigenvalue weighted by molar-refractivity contribution is 9.10. The second-order valence-electron chi connectivity index (χ2n) is 10.7. The van der Waals surface area contributed by atoms with Gasteiger partial charge in [0.05, 0.1) is 11.0 Å². The normalized spacial score (nSPS) is 11.3. The molecule has 0 aliphatic heterocycles. The Hall–Kier alpha value is -5.32. The minimum atomic E-state index is 0.679. The van der Waals surface area contributed by atoms with Gasteiger partial charge in [-0.3, -0.25) is 0 Å². The van der Waals surface area contributed by atoms with Crippen LogP contribution < -0.4 is 9.47 Å². The van der Waals surface area contributed by atoms with Gasteiger partial charge in [0.25, 0.3) is 0 Å². The first-order valence-electron chi connectivity index (χ1n) is 14.5. The summed E-state index contributed by atoms with van der Waals surface area (Å²) in [5.74, 6) is 2.87. The van der Waals surface area contributed by atoms with Crippen molar-refractivity contribution in [1.29, 1.82) is 0 Å². The van der Waals surface area contributed by atoms with Gasteiger partial charge in [0.2, 0.25) is 0 Å². The molecular weight excluding hydrogens is 606 g/mol. The molecule has 0 saturated heterocycles. The average molecular weight is 633 g/mol. The fourth-order valence-electron chi connectivity index (χ4n) is 5.86. The van der Waals surface area contributed by atoms with Crippen molar-refractivity contribution < 1.29 is 9.47 Å². The Morgan fingerprint density at radius 1 is 0.432 bits per heavy atom. The minimum Gasteiger partial charge on any atom is -0.456 e. The molecule has 3 nitrogen and oxygen atoms in total. The maximum absolute atomic E-state index is 6.37. The number of hydrogen-bond donors (Lipinski definition) is 0. The molecule has 1 aromatic heterocycles. The first-order valence-corrected chi connectivity index (χ1v) is 15.3. The number of fused-ring (bicyclic) bond motifs is 4. The van der Waals surface area contributed by atoms with Crippen LogP contribution in [0.5, 0.6) is 23.0 Å². The van der Waals surface area contributed by atoms with Gasteiger partial charge < -0.3 is 14.0 Å². The molecule has 1 heterocycles. The van der Waals surface area contributed by atoms with Crippen LogP contribution >= 0.6 is 15.9 Å². The van der Waals surface area contributed by atoms with Crippen molar-refractivity contribution in [2.45, 2.75) is 0 Å². The third kappa shape index (κ3) is 4.80. The summed E-state index contributed by atoms with van der Waals surface area (Å²) in [5.41, 5.74) is 5.54. The molecular formula is C40H26BrNO2. The molecule has 0 aliphatic rings. The molecule has 0 unspecified atom stereocenters. The Labute approximate surface area is 263 Å². The minimum absolute atomic E-state index is 0.679. The summed E-state index contributed by atoms with van der Waals surface area (Å²) >= 11 is 3.77. The maximum Gasteiger partial charge on any atom is 0.146 e. The van der Waals surface area contributed by atoms with E-state index in [1.165, 1.54) is 27.1 Å². The van der Waals surface area contributed by atoms with Crippen LogP contribution in [0.2, 0.25) is 0 Å². The van der Waals surface area contributed by atoms with Gasteiger partial charge in [0.15, 0.2) is 0 Å². The molecule has 0 atom stereocenters. The number of para-hydroxylation sites is 3. The third-order valence-corrected chi connectivity index (χ3v) is 8.73. The molecule has 44 heavy (non-hydrogen) atoms. The van der Waals surface area contributed by atoms with Crippen LogP contribution in [-0.4, -0.2) is 4.57 Å². The number of rotatable bonds is 6. The van der Waals surface area contributed by atoms with E-state index in [1.807, 2.05) is 60.7 Å². The van der Waals surface area contributed by atoms with E-state index in [1.54, 1.807) is 0 Å². The monoisotopic (exact) mass is 631 g/mol. The van der Waals surface area contributed by atoms with E-state index < -0.39 is 0 Å². The van der Waals surface area contributed by atoms with Crippen molar-refractivity contribution in [2.75, 3.05) is 0 Å². The summed E-state index contributed by atoms with van der Waals surface area (Å²) in [7, 11) is 0. The lowest BCUT2D eigenvalue weighted by atomic mass is 10.0. The SMILES string of the molecule is Brc1c(Oc2ccccc2)cc(-c2ccc3c(c2)c2ccccc2n3-c2ccc3ccccc3c2)cc1Oc1ccccc1. The topological polar surface area (TPSA) is 23.4 Å². The third-order valence-electron chi connectivity index (χ3n) is 7.95. The molecule has 8 aromatic rings. The number of benzene rings is 7. The van der Waals surface area contributed by atoms with Crippen molar-refractivity contribution in [2.24, 2.45) is 0 Å². The van der Waals surface area contributed by atoms with E-state index in [9.17, 15) is 0 Å². The molecule has 0 bridgehead atoms. The lowest BCUT2D eigenvalue weighted by Crippen LogP contribution is -1.94. The molecule has 7 aromatic carbocycles. The Morgan fingerprint density at radius 3 is 1.73 bits per heavy atom. The van der Waals surface area contributed by atoms with Gasteiger partial charge in [0.1, 0.15) is 27.5 Å². The van der Waals surface area contributed by atoms with Gasteiger partial charge in [-0.05, 0) is 105 Å². The standard InChI is InChI=1S/C40H26BrNO2/c41-40-38(43-32-13-3-1-4-14-32)25-30(26-39(40)44-33-15-5-2-6-16-33)29-20-22-37-35(24-29)34-17-9-10-18-36(34)42(37)31-21-19-27-11-7-8-12-28(27)23-31/h1-26H. The van der Waals surface area contributed by atoms with Gasteiger partial charge in [-0.2, -0.15) is 0 Å². The second kappa shape index (κ2) is 11.1. The fourth-order valence-corrected chi connectivity index (χ4v) is 6.26. The zero-order valence-electron chi connectivity index (χ0n) is 23.7. The number of hydrogen-bond acceptors (Lipinski definition) is 2. The zero-order valence-corrected chi connectivity index (χ0v) is 25.2. The van der Waals surface area contributed by atoms with Gasteiger partial charge >= 0.3 is 0 Å². The molecule has 8 rings (SSSR count).